The number of hydrogen-bond acceptors (Lipinski definition) is 3. The van der Waals surface area contributed by atoms with Crippen LogP contribution in [0.2, 0.25) is 0 Å². The van der Waals surface area contributed by atoms with Gasteiger partial charge in [-0.25, -0.2) is 4.39 Å². The largest absolute Gasteiger partial charge is 0.397 e. The first-order chi connectivity index (χ1) is 7.66. The lowest BCUT2D eigenvalue weighted by Gasteiger charge is -2.15. The van der Waals surface area contributed by atoms with Gasteiger partial charge in [0, 0.05) is 4.88 Å². The van der Waals surface area contributed by atoms with Crippen molar-refractivity contribution >= 4 is 22.7 Å². The number of thiophene rings is 1. The molecule has 16 heavy (non-hydrogen) atoms. The highest BCUT2D eigenvalue weighted by Gasteiger charge is 2.08. The van der Waals surface area contributed by atoms with Crippen molar-refractivity contribution in [1.29, 1.82) is 0 Å². The predicted octanol–water partition coefficient (Wildman–Crippen LogP) is 3.64. The molecule has 3 N–H and O–H groups in total. The van der Waals surface area contributed by atoms with Gasteiger partial charge in [-0.15, -0.1) is 11.3 Å². The van der Waals surface area contributed by atoms with Gasteiger partial charge in [0.05, 0.1) is 17.4 Å². The van der Waals surface area contributed by atoms with Crippen LogP contribution in [0.3, 0.4) is 0 Å². The van der Waals surface area contributed by atoms with Crippen molar-refractivity contribution < 1.29 is 4.39 Å². The second-order valence-corrected chi connectivity index (χ2v) is 4.59. The third-order valence-electron chi connectivity index (χ3n) is 2.36. The molecular weight excluding hydrogens is 223 g/mol. The van der Waals surface area contributed by atoms with Gasteiger partial charge in [-0.2, -0.15) is 0 Å². The number of rotatable bonds is 3. The third-order valence-corrected chi connectivity index (χ3v) is 3.41. The van der Waals surface area contributed by atoms with Crippen LogP contribution in [0, 0.1) is 5.82 Å². The Morgan fingerprint density at radius 3 is 2.81 bits per heavy atom. The minimum absolute atomic E-state index is 0.174. The molecular formula is C12H13FN2S. The van der Waals surface area contributed by atoms with Gasteiger partial charge >= 0.3 is 0 Å². The van der Waals surface area contributed by atoms with Crippen LogP contribution < -0.4 is 11.1 Å². The van der Waals surface area contributed by atoms with Crippen molar-refractivity contribution in [2.75, 3.05) is 11.1 Å². The smallest absolute Gasteiger partial charge is 0.125 e. The van der Waals surface area contributed by atoms with Gasteiger partial charge in [0.25, 0.3) is 0 Å². The van der Waals surface area contributed by atoms with Crippen molar-refractivity contribution in [3.8, 4) is 0 Å². The maximum absolute atomic E-state index is 12.9. The normalized spacial score (nSPS) is 12.4. The van der Waals surface area contributed by atoms with E-state index in [1.807, 2.05) is 11.4 Å². The monoisotopic (exact) mass is 236 g/mol. The van der Waals surface area contributed by atoms with Crippen molar-refractivity contribution in [2.45, 2.75) is 13.0 Å². The zero-order valence-electron chi connectivity index (χ0n) is 8.91. The van der Waals surface area contributed by atoms with E-state index in [9.17, 15) is 4.39 Å². The Hall–Kier alpha value is -1.55. The van der Waals surface area contributed by atoms with E-state index < -0.39 is 0 Å². The number of nitrogens with two attached hydrogens (primary N) is 1. The number of anilines is 2. The van der Waals surface area contributed by atoms with E-state index in [2.05, 4.69) is 18.3 Å². The molecule has 0 saturated heterocycles. The molecule has 0 radical (unpaired) electrons. The molecule has 2 rings (SSSR count). The molecule has 2 aromatic rings. The first-order valence-corrected chi connectivity index (χ1v) is 5.90. The molecule has 1 atom stereocenters. The fourth-order valence-electron chi connectivity index (χ4n) is 1.51. The van der Waals surface area contributed by atoms with Crippen LogP contribution in [-0.4, -0.2) is 0 Å². The van der Waals surface area contributed by atoms with Crippen LogP contribution in [0.25, 0.3) is 0 Å². The van der Waals surface area contributed by atoms with E-state index in [1.54, 1.807) is 17.4 Å². The zero-order chi connectivity index (χ0) is 11.5. The summed E-state index contributed by atoms with van der Waals surface area (Å²) in [5.41, 5.74) is 6.92. The molecule has 0 aliphatic carbocycles. The third kappa shape index (κ3) is 2.33. The minimum Gasteiger partial charge on any atom is -0.397 e. The summed E-state index contributed by atoms with van der Waals surface area (Å²) in [6, 6.07) is 8.62. The summed E-state index contributed by atoms with van der Waals surface area (Å²) < 4.78 is 12.9. The van der Waals surface area contributed by atoms with E-state index >= 15 is 0 Å². The number of halogens is 1. The molecule has 1 aromatic carbocycles. The van der Waals surface area contributed by atoms with E-state index in [0.717, 1.165) is 5.69 Å². The average Bonchev–Trinajstić information content (AvgIpc) is 2.75. The lowest BCUT2D eigenvalue weighted by molar-refractivity contribution is 0.628. The number of nitrogens with one attached hydrogen (secondary N) is 1. The van der Waals surface area contributed by atoms with Gasteiger partial charge < -0.3 is 11.1 Å². The molecule has 0 amide bonds. The standard InChI is InChI=1S/C12H13FN2S/c1-8(12-3-2-6-16-12)15-11-5-4-9(13)7-10(11)14/h2-8,15H,14H2,1H3. The predicted molar refractivity (Wildman–Crippen MR) is 67.2 cm³/mol. The molecule has 2 nitrogen and oxygen atoms in total. The first kappa shape index (κ1) is 11.0. The van der Waals surface area contributed by atoms with Gasteiger partial charge in [0.15, 0.2) is 0 Å². The van der Waals surface area contributed by atoms with Gasteiger partial charge in [0.2, 0.25) is 0 Å². The molecule has 1 unspecified atom stereocenters. The Kier molecular flexibility index (Phi) is 3.10. The highest BCUT2D eigenvalue weighted by Crippen LogP contribution is 2.26. The van der Waals surface area contributed by atoms with Crippen LogP contribution in [-0.2, 0) is 0 Å². The van der Waals surface area contributed by atoms with E-state index in [1.165, 1.54) is 17.0 Å². The van der Waals surface area contributed by atoms with Gasteiger partial charge in [0.1, 0.15) is 5.82 Å². The molecule has 0 spiro atoms. The molecule has 84 valence electrons. The fraction of sp³-hybridized carbons (Fsp3) is 0.167. The van der Waals surface area contributed by atoms with Crippen molar-refractivity contribution in [3.63, 3.8) is 0 Å². The van der Waals surface area contributed by atoms with Crippen LogP contribution in [0.4, 0.5) is 15.8 Å². The van der Waals surface area contributed by atoms with E-state index in [-0.39, 0.29) is 11.9 Å². The van der Waals surface area contributed by atoms with Crippen molar-refractivity contribution in [3.05, 3.63) is 46.4 Å². The van der Waals surface area contributed by atoms with E-state index in [4.69, 9.17) is 5.73 Å². The summed E-state index contributed by atoms with van der Waals surface area (Å²) in [4.78, 5) is 1.23. The number of hydrogen-bond donors (Lipinski definition) is 2. The Morgan fingerprint density at radius 2 is 2.19 bits per heavy atom. The maximum atomic E-state index is 12.9. The topological polar surface area (TPSA) is 38.0 Å². The lowest BCUT2D eigenvalue weighted by atomic mass is 10.2. The van der Waals surface area contributed by atoms with E-state index in [0.29, 0.717) is 5.69 Å². The summed E-state index contributed by atoms with van der Waals surface area (Å²) in [6.07, 6.45) is 0. The second kappa shape index (κ2) is 4.53. The minimum atomic E-state index is -0.313. The first-order valence-electron chi connectivity index (χ1n) is 5.02. The summed E-state index contributed by atoms with van der Waals surface area (Å²) in [5.74, 6) is -0.313. The highest BCUT2D eigenvalue weighted by atomic mass is 32.1. The summed E-state index contributed by atoms with van der Waals surface area (Å²) in [5, 5.41) is 5.29. The molecule has 0 bridgehead atoms. The molecule has 1 aromatic heterocycles. The molecule has 0 aliphatic rings. The van der Waals surface area contributed by atoms with Crippen LogP contribution >= 0.6 is 11.3 Å². The Morgan fingerprint density at radius 1 is 1.38 bits per heavy atom. The Balaban J connectivity index is 2.15. The SMILES string of the molecule is CC(Nc1ccc(F)cc1N)c1cccs1. The molecule has 0 aliphatic heterocycles. The number of benzene rings is 1. The molecule has 4 heteroatoms. The van der Waals surface area contributed by atoms with Crippen LogP contribution in [0.1, 0.15) is 17.8 Å². The Bertz CT molecular complexity index is 468. The van der Waals surface area contributed by atoms with Gasteiger partial charge in [-0.05, 0) is 36.6 Å². The lowest BCUT2D eigenvalue weighted by Crippen LogP contribution is -2.07. The zero-order valence-corrected chi connectivity index (χ0v) is 9.72. The number of nitrogen functional groups attached to an aromatic ring is 1. The Labute approximate surface area is 97.9 Å². The summed E-state index contributed by atoms with van der Waals surface area (Å²) >= 11 is 1.68. The van der Waals surface area contributed by atoms with Crippen molar-refractivity contribution in [2.24, 2.45) is 0 Å². The highest BCUT2D eigenvalue weighted by molar-refractivity contribution is 7.10. The molecule has 0 saturated carbocycles. The maximum Gasteiger partial charge on any atom is 0.125 e. The molecule has 0 fully saturated rings. The quantitative estimate of drug-likeness (QED) is 0.798. The van der Waals surface area contributed by atoms with Crippen LogP contribution in [0.15, 0.2) is 35.7 Å². The van der Waals surface area contributed by atoms with Crippen LogP contribution in [0.5, 0.6) is 0 Å². The van der Waals surface area contributed by atoms with Gasteiger partial charge in [-0.1, -0.05) is 6.07 Å². The molecule has 1 heterocycles. The van der Waals surface area contributed by atoms with Gasteiger partial charge in [-0.3, -0.25) is 0 Å². The second-order valence-electron chi connectivity index (χ2n) is 3.61. The van der Waals surface area contributed by atoms with Crippen molar-refractivity contribution in [1.82, 2.24) is 0 Å². The fourth-order valence-corrected chi connectivity index (χ4v) is 2.24. The summed E-state index contributed by atoms with van der Waals surface area (Å²) in [6.45, 7) is 2.05. The average molecular weight is 236 g/mol. The summed E-state index contributed by atoms with van der Waals surface area (Å²) in [7, 11) is 0.